The number of nitrogens with one attached hydrogen (secondary N) is 3. The van der Waals surface area contributed by atoms with Gasteiger partial charge in [0.05, 0.1) is 0 Å². The summed E-state index contributed by atoms with van der Waals surface area (Å²) in [4.78, 5) is 32.2. The Labute approximate surface area is 81.4 Å². The van der Waals surface area contributed by atoms with Crippen LogP contribution in [0.15, 0.2) is 0 Å². The minimum Gasteiger partial charge on any atom is -0.356 e. The molecule has 0 aliphatic carbocycles. The van der Waals surface area contributed by atoms with Crippen molar-refractivity contribution in [1.82, 2.24) is 16.0 Å². The van der Waals surface area contributed by atoms with E-state index in [-0.39, 0.29) is 11.8 Å². The number of urea groups is 1. The summed E-state index contributed by atoms with van der Waals surface area (Å²) < 4.78 is 0. The lowest BCUT2D eigenvalue weighted by Crippen LogP contribution is -2.30. The Morgan fingerprint density at radius 3 is 2.71 bits per heavy atom. The minimum atomic E-state index is -0.448. The van der Waals surface area contributed by atoms with Crippen LogP contribution in [0.1, 0.15) is 19.8 Å². The van der Waals surface area contributed by atoms with Gasteiger partial charge < -0.3 is 10.6 Å². The van der Waals surface area contributed by atoms with Crippen LogP contribution in [-0.4, -0.2) is 30.4 Å². The van der Waals surface area contributed by atoms with Gasteiger partial charge in [0.2, 0.25) is 5.91 Å². The highest BCUT2D eigenvalue weighted by Gasteiger charge is 2.28. The lowest BCUT2D eigenvalue weighted by atomic mass is 10.1. The fraction of sp³-hybridized carbons (Fsp3) is 0.625. The first-order valence-electron chi connectivity index (χ1n) is 4.45. The van der Waals surface area contributed by atoms with E-state index < -0.39 is 12.1 Å². The molecule has 0 aromatic rings. The second kappa shape index (κ2) is 4.59. The molecular weight excluding hydrogens is 186 g/mol. The van der Waals surface area contributed by atoms with E-state index in [4.69, 9.17) is 0 Å². The molecule has 1 saturated heterocycles. The fourth-order valence-electron chi connectivity index (χ4n) is 1.23. The predicted octanol–water partition coefficient (Wildman–Crippen LogP) is -0.889. The van der Waals surface area contributed by atoms with Gasteiger partial charge in [-0.1, -0.05) is 0 Å². The molecule has 0 spiro atoms. The van der Waals surface area contributed by atoms with E-state index in [1.165, 1.54) is 6.92 Å². The summed E-state index contributed by atoms with van der Waals surface area (Å²) in [6, 6.07) is -0.893. The van der Waals surface area contributed by atoms with Crippen LogP contribution in [-0.2, 0) is 9.59 Å². The van der Waals surface area contributed by atoms with E-state index >= 15 is 0 Å². The summed E-state index contributed by atoms with van der Waals surface area (Å²) in [5.74, 6) is -0.386. The van der Waals surface area contributed by atoms with Crippen molar-refractivity contribution in [2.24, 2.45) is 0 Å². The quantitative estimate of drug-likeness (QED) is 0.405. The molecule has 1 fully saturated rings. The molecule has 1 atom stereocenters. The maximum Gasteiger partial charge on any atom is 0.322 e. The molecular formula is C8H13N3O3. The van der Waals surface area contributed by atoms with Gasteiger partial charge in [-0.25, -0.2) is 4.79 Å². The topological polar surface area (TPSA) is 87.3 Å². The van der Waals surface area contributed by atoms with E-state index in [0.717, 1.165) is 0 Å². The molecule has 1 aliphatic heterocycles. The van der Waals surface area contributed by atoms with Crippen LogP contribution in [0, 0.1) is 0 Å². The summed E-state index contributed by atoms with van der Waals surface area (Å²) in [6.45, 7) is 1.96. The number of hydrogen-bond donors (Lipinski definition) is 3. The zero-order valence-corrected chi connectivity index (χ0v) is 7.92. The maximum absolute atomic E-state index is 11.0. The fourth-order valence-corrected chi connectivity index (χ4v) is 1.23. The first-order chi connectivity index (χ1) is 6.59. The Kier molecular flexibility index (Phi) is 3.44. The second-order valence-electron chi connectivity index (χ2n) is 3.14. The van der Waals surface area contributed by atoms with Gasteiger partial charge in [-0.15, -0.1) is 0 Å². The van der Waals surface area contributed by atoms with Gasteiger partial charge in [0.1, 0.15) is 6.04 Å². The van der Waals surface area contributed by atoms with Crippen LogP contribution >= 0.6 is 0 Å². The number of rotatable bonds is 4. The summed E-state index contributed by atoms with van der Waals surface area (Å²) >= 11 is 0. The molecule has 0 radical (unpaired) electrons. The van der Waals surface area contributed by atoms with Crippen molar-refractivity contribution in [2.45, 2.75) is 25.8 Å². The van der Waals surface area contributed by atoms with E-state index in [2.05, 4.69) is 16.0 Å². The third kappa shape index (κ3) is 3.04. The molecule has 3 N–H and O–H groups in total. The van der Waals surface area contributed by atoms with Crippen molar-refractivity contribution in [3.63, 3.8) is 0 Å². The van der Waals surface area contributed by atoms with Crippen LogP contribution in [0.3, 0.4) is 0 Å². The average molecular weight is 199 g/mol. The zero-order valence-electron chi connectivity index (χ0n) is 7.92. The normalized spacial score (nSPS) is 20.2. The Morgan fingerprint density at radius 2 is 2.21 bits per heavy atom. The molecule has 0 aromatic heterocycles. The largest absolute Gasteiger partial charge is 0.356 e. The number of amides is 4. The number of carbonyl (C=O) groups is 3. The zero-order chi connectivity index (χ0) is 10.6. The van der Waals surface area contributed by atoms with Crippen LogP contribution in [0.25, 0.3) is 0 Å². The lowest BCUT2D eigenvalue weighted by Gasteiger charge is -2.06. The molecule has 4 amide bonds. The van der Waals surface area contributed by atoms with Crippen molar-refractivity contribution in [2.75, 3.05) is 6.54 Å². The molecule has 0 saturated carbocycles. The molecule has 1 rings (SSSR count). The van der Waals surface area contributed by atoms with Crippen molar-refractivity contribution in [1.29, 1.82) is 0 Å². The van der Waals surface area contributed by atoms with Gasteiger partial charge in [-0.05, 0) is 12.8 Å². The first kappa shape index (κ1) is 10.5. The molecule has 1 heterocycles. The van der Waals surface area contributed by atoms with E-state index in [0.29, 0.717) is 19.4 Å². The van der Waals surface area contributed by atoms with Crippen LogP contribution in [0.5, 0.6) is 0 Å². The smallest absolute Gasteiger partial charge is 0.322 e. The number of imide groups is 1. The Hall–Kier alpha value is -1.59. The standard InChI is InChI=1S/C8H13N3O3/c1-5(12)9-4-2-3-6-7(13)11-8(14)10-6/h6H,2-4H2,1H3,(H,9,12)(H2,10,11,13,14)/t6-/m0/s1. The molecule has 78 valence electrons. The van der Waals surface area contributed by atoms with Crippen molar-refractivity contribution in [3.05, 3.63) is 0 Å². The highest BCUT2D eigenvalue weighted by molar-refractivity contribution is 6.04. The molecule has 1 aliphatic rings. The monoisotopic (exact) mass is 199 g/mol. The summed E-state index contributed by atoms with van der Waals surface area (Å²) in [6.07, 6.45) is 1.20. The van der Waals surface area contributed by atoms with Gasteiger partial charge >= 0.3 is 6.03 Å². The van der Waals surface area contributed by atoms with E-state index in [1.54, 1.807) is 0 Å². The minimum absolute atomic E-state index is 0.0927. The predicted molar refractivity (Wildman–Crippen MR) is 48.4 cm³/mol. The highest BCUT2D eigenvalue weighted by atomic mass is 16.2. The van der Waals surface area contributed by atoms with Crippen LogP contribution in [0.2, 0.25) is 0 Å². The summed E-state index contributed by atoms with van der Waals surface area (Å²) in [7, 11) is 0. The van der Waals surface area contributed by atoms with E-state index in [9.17, 15) is 14.4 Å². The van der Waals surface area contributed by atoms with Crippen LogP contribution in [0.4, 0.5) is 4.79 Å². The summed E-state index contributed by atoms with van der Waals surface area (Å²) in [5.41, 5.74) is 0. The maximum atomic E-state index is 11.0. The number of hydrogen-bond acceptors (Lipinski definition) is 3. The number of carbonyl (C=O) groups excluding carboxylic acids is 3. The van der Waals surface area contributed by atoms with Crippen LogP contribution < -0.4 is 16.0 Å². The molecule has 0 bridgehead atoms. The van der Waals surface area contributed by atoms with Gasteiger partial charge in [0, 0.05) is 13.5 Å². The van der Waals surface area contributed by atoms with Gasteiger partial charge in [0.25, 0.3) is 5.91 Å². The SMILES string of the molecule is CC(=O)NCCC[C@@H]1NC(=O)NC1=O. The van der Waals surface area contributed by atoms with Crippen molar-refractivity contribution in [3.8, 4) is 0 Å². The molecule has 0 aromatic carbocycles. The van der Waals surface area contributed by atoms with Crippen molar-refractivity contribution >= 4 is 17.8 Å². The lowest BCUT2D eigenvalue weighted by molar-refractivity contribution is -0.120. The second-order valence-corrected chi connectivity index (χ2v) is 3.14. The van der Waals surface area contributed by atoms with Gasteiger partial charge in [-0.3, -0.25) is 14.9 Å². The Morgan fingerprint density at radius 1 is 1.50 bits per heavy atom. The third-order valence-corrected chi connectivity index (χ3v) is 1.90. The summed E-state index contributed by atoms with van der Waals surface area (Å²) in [5, 5.41) is 7.23. The first-order valence-corrected chi connectivity index (χ1v) is 4.45. The molecule has 6 nitrogen and oxygen atoms in total. The molecule has 0 unspecified atom stereocenters. The third-order valence-electron chi connectivity index (χ3n) is 1.90. The molecule has 6 heteroatoms. The van der Waals surface area contributed by atoms with Crippen molar-refractivity contribution < 1.29 is 14.4 Å². The Balaban J connectivity index is 2.16. The average Bonchev–Trinajstić information content (AvgIpc) is 2.39. The Bertz CT molecular complexity index is 265. The van der Waals surface area contributed by atoms with Gasteiger partial charge in [0.15, 0.2) is 0 Å². The van der Waals surface area contributed by atoms with E-state index in [1.807, 2.05) is 0 Å². The van der Waals surface area contributed by atoms with Gasteiger partial charge in [-0.2, -0.15) is 0 Å². The highest BCUT2D eigenvalue weighted by Crippen LogP contribution is 2.01. The molecule has 14 heavy (non-hydrogen) atoms.